The molecule has 1 N–H and O–H groups in total. The Bertz CT molecular complexity index is 597. The second-order valence-corrected chi connectivity index (χ2v) is 4.95. The summed E-state index contributed by atoms with van der Waals surface area (Å²) in [7, 11) is 0. The Kier molecular flexibility index (Phi) is 4.28. The highest BCUT2D eigenvalue weighted by Gasteiger charge is 2.19. The van der Waals surface area contributed by atoms with Crippen LogP contribution in [0.2, 0.25) is 0 Å². The molecule has 0 fully saturated rings. The molecule has 0 aliphatic rings. The first-order valence-electron chi connectivity index (χ1n) is 6.85. The average Bonchev–Trinajstić information content (AvgIpc) is 2.44. The Hall–Kier alpha value is -2.03. The Morgan fingerprint density at radius 3 is 2.55 bits per heavy atom. The zero-order chi connectivity index (χ0) is 14.7. The van der Waals surface area contributed by atoms with Gasteiger partial charge in [0.2, 0.25) is 0 Å². The van der Waals surface area contributed by atoms with E-state index in [0.29, 0.717) is 5.56 Å². The van der Waals surface area contributed by atoms with E-state index < -0.39 is 0 Å². The van der Waals surface area contributed by atoms with Gasteiger partial charge in [0.25, 0.3) is 0 Å². The molecule has 2 aromatic rings. The Morgan fingerprint density at radius 1 is 1.20 bits per heavy atom. The largest absolute Gasteiger partial charge is 0.508 e. The van der Waals surface area contributed by atoms with E-state index in [2.05, 4.69) is 24.8 Å². The van der Waals surface area contributed by atoms with Gasteiger partial charge in [0.15, 0.2) is 0 Å². The second-order valence-electron chi connectivity index (χ2n) is 4.95. The van der Waals surface area contributed by atoms with Crippen molar-refractivity contribution in [2.45, 2.75) is 26.8 Å². The maximum atomic E-state index is 13.4. The van der Waals surface area contributed by atoms with E-state index >= 15 is 0 Å². The quantitative estimate of drug-likeness (QED) is 0.891. The zero-order valence-corrected chi connectivity index (χ0v) is 12.1. The lowest BCUT2D eigenvalue weighted by Gasteiger charge is -2.32. The van der Waals surface area contributed by atoms with Gasteiger partial charge in [0.1, 0.15) is 11.6 Å². The van der Waals surface area contributed by atoms with Gasteiger partial charge in [-0.2, -0.15) is 0 Å². The van der Waals surface area contributed by atoms with E-state index in [-0.39, 0.29) is 17.6 Å². The van der Waals surface area contributed by atoms with Gasteiger partial charge in [-0.05, 0) is 50.6 Å². The summed E-state index contributed by atoms with van der Waals surface area (Å²) in [6, 6.07) is 12.1. The number of hydrogen-bond acceptors (Lipinski definition) is 2. The summed E-state index contributed by atoms with van der Waals surface area (Å²) in [6.07, 6.45) is 0. The molecule has 0 bridgehead atoms. The lowest BCUT2D eigenvalue weighted by molar-refractivity contribution is 0.458. The molecule has 1 atom stereocenters. The minimum absolute atomic E-state index is 0.100. The highest BCUT2D eigenvalue weighted by molar-refractivity contribution is 5.55. The number of rotatable bonds is 4. The van der Waals surface area contributed by atoms with E-state index in [1.807, 2.05) is 25.1 Å². The predicted octanol–water partition coefficient (Wildman–Crippen LogP) is 4.43. The van der Waals surface area contributed by atoms with Crippen molar-refractivity contribution in [3.63, 3.8) is 0 Å². The lowest BCUT2D eigenvalue weighted by atomic mass is 10.0. The van der Waals surface area contributed by atoms with Crippen LogP contribution in [0.4, 0.5) is 10.1 Å². The molecule has 0 aliphatic heterocycles. The maximum absolute atomic E-state index is 13.4. The summed E-state index contributed by atoms with van der Waals surface area (Å²) in [5.41, 5.74) is 2.87. The van der Waals surface area contributed by atoms with Crippen LogP contribution in [-0.4, -0.2) is 11.7 Å². The number of halogens is 1. The zero-order valence-electron chi connectivity index (χ0n) is 12.1. The van der Waals surface area contributed by atoms with Crippen LogP contribution >= 0.6 is 0 Å². The van der Waals surface area contributed by atoms with Crippen molar-refractivity contribution in [1.82, 2.24) is 0 Å². The van der Waals surface area contributed by atoms with Crippen LogP contribution < -0.4 is 4.90 Å². The van der Waals surface area contributed by atoms with Gasteiger partial charge in [0, 0.05) is 17.8 Å². The van der Waals surface area contributed by atoms with Gasteiger partial charge in [-0.3, -0.25) is 0 Å². The van der Waals surface area contributed by atoms with Gasteiger partial charge in [0.05, 0.1) is 6.04 Å². The van der Waals surface area contributed by atoms with E-state index in [1.54, 1.807) is 0 Å². The molecule has 0 saturated carbocycles. The van der Waals surface area contributed by atoms with E-state index in [1.165, 1.54) is 18.2 Å². The first kappa shape index (κ1) is 14.4. The van der Waals surface area contributed by atoms with Crippen LogP contribution in [0.25, 0.3) is 0 Å². The standard InChI is InChI=1S/C17H20FNO/c1-4-19(16-8-6-5-7-12(16)2)13(3)15-11-14(18)9-10-17(15)20/h5-11,13,20H,4H2,1-3H3. The van der Waals surface area contributed by atoms with Gasteiger partial charge >= 0.3 is 0 Å². The molecule has 2 aromatic carbocycles. The smallest absolute Gasteiger partial charge is 0.123 e. The van der Waals surface area contributed by atoms with E-state index in [9.17, 15) is 9.50 Å². The van der Waals surface area contributed by atoms with Crippen LogP contribution in [0.3, 0.4) is 0 Å². The lowest BCUT2D eigenvalue weighted by Crippen LogP contribution is -2.27. The highest BCUT2D eigenvalue weighted by Crippen LogP contribution is 2.33. The number of aryl methyl sites for hydroxylation is 1. The molecule has 0 aromatic heterocycles. The van der Waals surface area contributed by atoms with Crippen LogP contribution in [0.5, 0.6) is 5.75 Å². The number of hydrogen-bond donors (Lipinski definition) is 1. The third-order valence-corrected chi connectivity index (χ3v) is 3.67. The van der Waals surface area contributed by atoms with Gasteiger partial charge in [-0.15, -0.1) is 0 Å². The number of phenolic OH excluding ortho intramolecular Hbond substituents is 1. The first-order chi connectivity index (χ1) is 9.54. The molecular formula is C17H20FNO. The molecule has 0 amide bonds. The first-order valence-corrected chi connectivity index (χ1v) is 6.85. The normalized spacial score (nSPS) is 12.2. The Morgan fingerprint density at radius 2 is 1.90 bits per heavy atom. The maximum Gasteiger partial charge on any atom is 0.123 e. The summed E-state index contributed by atoms with van der Waals surface area (Å²) in [4.78, 5) is 2.16. The van der Waals surface area contributed by atoms with Crippen molar-refractivity contribution >= 4 is 5.69 Å². The van der Waals surface area contributed by atoms with Crippen molar-refractivity contribution in [2.24, 2.45) is 0 Å². The predicted molar refractivity (Wildman–Crippen MR) is 80.7 cm³/mol. The van der Waals surface area contributed by atoms with Crippen molar-refractivity contribution in [3.05, 3.63) is 59.4 Å². The number of anilines is 1. The summed E-state index contributed by atoms with van der Waals surface area (Å²) in [6.45, 7) is 6.86. The van der Waals surface area contributed by atoms with Gasteiger partial charge in [-0.1, -0.05) is 18.2 Å². The molecule has 3 heteroatoms. The summed E-state index contributed by atoms with van der Waals surface area (Å²) in [5.74, 6) is -0.198. The molecule has 2 rings (SSSR count). The third-order valence-electron chi connectivity index (χ3n) is 3.67. The number of para-hydroxylation sites is 1. The van der Waals surface area contributed by atoms with E-state index in [4.69, 9.17) is 0 Å². The van der Waals surface area contributed by atoms with Crippen LogP contribution in [0.1, 0.15) is 31.0 Å². The minimum Gasteiger partial charge on any atom is -0.508 e. The molecule has 0 spiro atoms. The summed E-state index contributed by atoms with van der Waals surface area (Å²) < 4.78 is 13.4. The van der Waals surface area contributed by atoms with Crippen LogP contribution in [-0.2, 0) is 0 Å². The summed E-state index contributed by atoms with van der Waals surface area (Å²) in [5, 5.41) is 9.97. The molecule has 2 nitrogen and oxygen atoms in total. The number of benzene rings is 2. The van der Waals surface area contributed by atoms with Crippen molar-refractivity contribution < 1.29 is 9.50 Å². The molecule has 0 saturated heterocycles. The fraction of sp³-hybridized carbons (Fsp3) is 0.294. The molecule has 106 valence electrons. The SMILES string of the molecule is CCN(c1ccccc1C)C(C)c1cc(F)ccc1O. The van der Waals surface area contributed by atoms with Crippen molar-refractivity contribution in [2.75, 3.05) is 11.4 Å². The number of phenols is 1. The van der Waals surface area contributed by atoms with Gasteiger partial charge < -0.3 is 10.0 Å². The molecule has 0 heterocycles. The fourth-order valence-corrected chi connectivity index (χ4v) is 2.57. The van der Waals surface area contributed by atoms with Crippen LogP contribution in [0.15, 0.2) is 42.5 Å². The van der Waals surface area contributed by atoms with E-state index in [0.717, 1.165) is 17.8 Å². The number of nitrogens with zero attached hydrogens (tertiary/aromatic N) is 1. The van der Waals surface area contributed by atoms with Crippen molar-refractivity contribution in [1.29, 1.82) is 0 Å². The average molecular weight is 273 g/mol. The Labute approximate surface area is 119 Å². The second kappa shape index (κ2) is 5.95. The van der Waals surface area contributed by atoms with Crippen LogP contribution in [0, 0.1) is 12.7 Å². The minimum atomic E-state index is -0.328. The highest BCUT2D eigenvalue weighted by atomic mass is 19.1. The van der Waals surface area contributed by atoms with Crippen molar-refractivity contribution in [3.8, 4) is 5.75 Å². The fourth-order valence-electron chi connectivity index (χ4n) is 2.57. The Balaban J connectivity index is 2.41. The van der Waals surface area contributed by atoms with Gasteiger partial charge in [-0.25, -0.2) is 4.39 Å². The third kappa shape index (κ3) is 2.77. The summed E-state index contributed by atoms with van der Waals surface area (Å²) >= 11 is 0. The monoisotopic (exact) mass is 273 g/mol. The number of aromatic hydroxyl groups is 1. The topological polar surface area (TPSA) is 23.5 Å². The molecule has 1 unspecified atom stereocenters. The molecule has 0 radical (unpaired) electrons. The molecular weight excluding hydrogens is 253 g/mol. The molecule has 20 heavy (non-hydrogen) atoms. The molecule has 0 aliphatic carbocycles.